The molecule has 1 nitrogen and oxygen atoms in total. The zero-order valence-electron chi connectivity index (χ0n) is 8.60. The lowest BCUT2D eigenvalue weighted by molar-refractivity contribution is 0.395. The lowest BCUT2D eigenvalue weighted by Gasteiger charge is -2.23. The van der Waals surface area contributed by atoms with Gasteiger partial charge in [0, 0.05) is 10.5 Å². The predicted octanol–water partition coefficient (Wildman–Crippen LogP) is 3.27. The standard InChI is InChI=1S/C12H15BrFN/c13-10-5-4-9(12(14)8-10)7-11-3-1-2-6-15-11/h4-5,8,11,15H,1-3,6-7H2. The summed E-state index contributed by atoms with van der Waals surface area (Å²) in [6.07, 6.45) is 4.48. The molecule has 1 saturated heterocycles. The minimum Gasteiger partial charge on any atom is -0.314 e. The number of hydrogen-bond acceptors (Lipinski definition) is 1. The molecule has 1 aliphatic rings. The second-order valence-electron chi connectivity index (χ2n) is 4.09. The fourth-order valence-corrected chi connectivity index (χ4v) is 2.38. The van der Waals surface area contributed by atoms with Crippen molar-refractivity contribution < 1.29 is 4.39 Å². The Labute approximate surface area is 98.2 Å². The fraction of sp³-hybridized carbons (Fsp3) is 0.500. The zero-order valence-corrected chi connectivity index (χ0v) is 10.2. The highest BCUT2D eigenvalue weighted by atomic mass is 79.9. The molecule has 1 N–H and O–H groups in total. The minimum atomic E-state index is -0.100. The van der Waals surface area contributed by atoms with E-state index in [2.05, 4.69) is 21.2 Å². The molecule has 0 bridgehead atoms. The van der Waals surface area contributed by atoms with Gasteiger partial charge in [-0.15, -0.1) is 0 Å². The molecule has 0 amide bonds. The van der Waals surface area contributed by atoms with Crippen LogP contribution in [0, 0.1) is 5.82 Å². The average molecular weight is 272 g/mol. The van der Waals surface area contributed by atoms with Crippen molar-refractivity contribution in [2.24, 2.45) is 0 Å². The Hall–Kier alpha value is -0.410. The van der Waals surface area contributed by atoms with Crippen LogP contribution in [0.4, 0.5) is 4.39 Å². The topological polar surface area (TPSA) is 12.0 Å². The van der Waals surface area contributed by atoms with Crippen LogP contribution in [0.2, 0.25) is 0 Å². The van der Waals surface area contributed by atoms with E-state index in [4.69, 9.17) is 0 Å². The van der Waals surface area contributed by atoms with Gasteiger partial charge in [0.1, 0.15) is 5.82 Å². The normalized spacial score (nSPS) is 21.6. The maximum absolute atomic E-state index is 13.5. The second-order valence-corrected chi connectivity index (χ2v) is 5.00. The smallest absolute Gasteiger partial charge is 0.127 e. The third-order valence-corrected chi connectivity index (χ3v) is 3.39. The Bertz CT molecular complexity index is 334. The molecular weight excluding hydrogens is 257 g/mol. The first-order valence-corrected chi connectivity index (χ1v) is 6.22. The van der Waals surface area contributed by atoms with Crippen molar-refractivity contribution in [3.8, 4) is 0 Å². The summed E-state index contributed by atoms with van der Waals surface area (Å²) in [7, 11) is 0. The van der Waals surface area contributed by atoms with Gasteiger partial charge in [-0.05, 0) is 43.5 Å². The summed E-state index contributed by atoms with van der Waals surface area (Å²) in [5.74, 6) is -0.100. The molecule has 0 spiro atoms. The molecule has 1 atom stereocenters. The summed E-state index contributed by atoms with van der Waals surface area (Å²) >= 11 is 3.27. The molecule has 1 aromatic rings. The predicted molar refractivity (Wildman–Crippen MR) is 63.4 cm³/mol. The molecule has 1 fully saturated rings. The number of benzene rings is 1. The highest BCUT2D eigenvalue weighted by Crippen LogP contribution is 2.19. The first-order valence-electron chi connectivity index (χ1n) is 5.43. The van der Waals surface area contributed by atoms with E-state index in [0.717, 1.165) is 29.4 Å². The first kappa shape index (κ1) is 11.1. The van der Waals surface area contributed by atoms with E-state index in [0.29, 0.717) is 6.04 Å². The highest BCUT2D eigenvalue weighted by molar-refractivity contribution is 9.10. The average Bonchev–Trinajstić information content (AvgIpc) is 2.24. The molecule has 82 valence electrons. The van der Waals surface area contributed by atoms with Crippen molar-refractivity contribution in [3.05, 3.63) is 34.1 Å². The molecule has 1 aliphatic heterocycles. The van der Waals surface area contributed by atoms with E-state index in [1.807, 2.05) is 12.1 Å². The molecule has 1 heterocycles. The quantitative estimate of drug-likeness (QED) is 0.871. The van der Waals surface area contributed by atoms with Crippen LogP contribution in [0.15, 0.2) is 22.7 Å². The second kappa shape index (κ2) is 5.08. The van der Waals surface area contributed by atoms with Crippen LogP contribution in [0.3, 0.4) is 0 Å². The zero-order chi connectivity index (χ0) is 10.7. The van der Waals surface area contributed by atoms with E-state index in [-0.39, 0.29) is 5.82 Å². The number of nitrogens with one attached hydrogen (secondary N) is 1. The lowest BCUT2D eigenvalue weighted by Crippen LogP contribution is -2.35. The summed E-state index contributed by atoms with van der Waals surface area (Å²) in [6.45, 7) is 1.07. The van der Waals surface area contributed by atoms with Crippen LogP contribution < -0.4 is 5.32 Å². The minimum absolute atomic E-state index is 0.100. The van der Waals surface area contributed by atoms with Crippen LogP contribution in [-0.2, 0) is 6.42 Å². The van der Waals surface area contributed by atoms with Crippen LogP contribution >= 0.6 is 15.9 Å². The molecule has 0 aromatic heterocycles. The van der Waals surface area contributed by atoms with Gasteiger partial charge in [0.2, 0.25) is 0 Å². The maximum atomic E-state index is 13.5. The van der Waals surface area contributed by atoms with Crippen molar-refractivity contribution in [2.45, 2.75) is 31.7 Å². The summed E-state index contributed by atoms with van der Waals surface area (Å²) in [6, 6.07) is 5.77. The molecule has 1 unspecified atom stereocenters. The van der Waals surface area contributed by atoms with Crippen molar-refractivity contribution >= 4 is 15.9 Å². The van der Waals surface area contributed by atoms with Crippen molar-refractivity contribution in [1.29, 1.82) is 0 Å². The van der Waals surface area contributed by atoms with E-state index >= 15 is 0 Å². The third kappa shape index (κ3) is 3.02. The van der Waals surface area contributed by atoms with Crippen molar-refractivity contribution in [3.63, 3.8) is 0 Å². The summed E-state index contributed by atoms with van der Waals surface area (Å²) in [4.78, 5) is 0. The van der Waals surface area contributed by atoms with Crippen molar-refractivity contribution in [2.75, 3.05) is 6.54 Å². The number of halogens is 2. The third-order valence-electron chi connectivity index (χ3n) is 2.89. The van der Waals surface area contributed by atoms with E-state index in [1.54, 1.807) is 0 Å². The summed E-state index contributed by atoms with van der Waals surface area (Å²) in [5.41, 5.74) is 0.817. The highest BCUT2D eigenvalue weighted by Gasteiger charge is 2.14. The van der Waals surface area contributed by atoms with Gasteiger partial charge >= 0.3 is 0 Å². The van der Waals surface area contributed by atoms with E-state index in [1.165, 1.54) is 18.9 Å². The molecule has 1 aromatic carbocycles. The van der Waals surface area contributed by atoms with Crippen LogP contribution in [0.1, 0.15) is 24.8 Å². The molecule has 15 heavy (non-hydrogen) atoms. The largest absolute Gasteiger partial charge is 0.314 e. The van der Waals surface area contributed by atoms with Gasteiger partial charge in [-0.2, -0.15) is 0 Å². The number of piperidine rings is 1. The Morgan fingerprint density at radius 1 is 1.40 bits per heavy atom. The van der Waals surface area contributed by atoms with Gasteiger partial charge in [-0.25, -0.2) is 4.39 Å². The van der Waals surface area contributed by atoms with Crippen LogP contribution in [-0.4, -0.2) is 12.6 Å². The molecule has 3 heteroatoms. The Kier molecular flexibility index (Phi) is 3.76. The van der Waals surface area contributed by atoms with E-state index < -0.39 is 0 Å². The van der Waals surface area contributed by atoms with Crippen LogP contribution in [0.25, 0.3) is 0 Å². The molecule has 0 saturated carbocycles. The van der Waals surface area contributed by atoms with E-state index in [9.17, 15) is 4.39 Å². The van der Waals surface area contributed by atoms with Gasteiger partial charge in [-0.3, -0.25) is 0 Å². The fourth-order valence-electron chi connectivity index (χ4n) is 2.05. The summed E-state index contributed by atoms with van der Waals surface area (Å²) in [5, 5.41) is 3.43. The Morgan fingerprint density at radius 3 is 2.93 bits per heavy atom. The lowest BCUT2D eigenvalue weighted by atomic mass is 9.97. The SMILES string of the molecule is Fc1cc(Br)ccc1CC1CCCCN1. The van der Waals surface area contributed by atoms with Crippen molar-refractivity contribution in [1.82, 2.24) is 5.32 Å². The summed E-state index contributed by atoms with van der Waals surface area (Å²) < 4.78 is 14.4. The Morgan fingerprint density at radius 2 is 2.27 bits per heavy atom. The van der Waals surface area contributed by atoms with Gasteiger partial charge in [-0.1, -0.05) is 28.4 Å². The molecular formula is C12H15BrFN. The first-order chi connectivity index (χ1) is 7.25. The maximum Gasteiger partial charge on any atom is 0.127 e. The molecule has 2 rings (SSSR count). The van der Waals surface area contributed by atoms with Gasteiger partial charge < -0.3 is 5.32 Å². The van der Waals surface area contributed by atoms with Gasteiger partial charge in [0.25, 0.3) is 0 Å². The number of rotatable bonds is 2. The van der Waals surface area contributed by atoms with Gasteiger partial charge in [0.05, 0.1) is 0 Å². The molecule has 0 aliphatic carbocycles. The Balaban J connectivity index is 2.03. The van der Waals surface area contributed by atoms with Gasteiger partial charge in [0.15, 0.2) is 0 Å². The van der Waals surface area contributed by atoms with Crippen LogP contribution in [0.5, 0.6) is 0 Å². The number of hydrogen-bond donors (Lipinski definition) is 1. The molecule has 0 radical (unpaired) electrons. The monoisotopic (exact) mass is 271 g/mol.